The third-order valence-corrected chi connectivity index (χ3v) is 6.08. The van der Waals surface area contributed by atoms with Crippen LogP contribution in [0, 0.1) is 0 Å². The second kappa shape index (κ2) is 18.1. The molecule has 0 fully saturated rings. The number of nitrogens with one attached hydrogen (secondary N) is 1. The van der Waals surface area contributed by atoms with Crippen LogP contribution in [0.25, 0.3) is 27.3 Å². The Labute approximate surface area is 238 Å². The molecule has 0 aliphatic carbocycles. The summed E-state index contributed by atoms with van der Waals surface area (Å²) in [6.07, 6.45) is 1.20. The number of halogens is 2. The Morgan fingerprint density at radius 1 is 0.686 bits per heavy atom. The van der Waals surface area contributed by atoms with Crippen LogP contribution in [-0.2, 0) is 26.5 Å². The largest absolute Gasteiger partial charge is 4.00 e. The molecule has 1 amide bonds. The summed E-state index contributed by atoms with van der Waals surface area (Å²) in [5.74, 6) is -0.461. The van der Waals surface area contributed by atoms with Gasteiger partial charge >= 0.3 is 21.7 Å². The number of fused-ring (bicyclic) bond motifs is 3. The molecule has 5 aromatic rings. The van der Waals surface area contributed by atoms with Gasteiger partial charge < -0.3 is 35.3 Å². The molecule has 0 unspecified atom stereocenters. The number of carbonyl (C=O) groups excluding carboxylic acids is 1. The Balaban J connectivity index is 0.000000507. The number of hydrogen-bond acceptors (Lipinski definition) is 1. The molecule has 6 heteroatoms. The molecule has 0 aliphatic heterocycles. The van der Waals surface area contributed by atoms with Crippen molar-refractivity contribution in [1.82, 2.24) is 0 Å². The number of hydrogen-bond donors (Lipinski definition) is 0. The molecule has 5 rings (SSSR count). The maximum atomic E-state index is 9.71. The fourth-order valence-corrected chi connectivity index (χ4v) is 4.39. The van der Waals surface area contributed by atoms with E-state index in [1.807, 2.05) is 6.92 Å². The van der Waals surface area contributed by atoms with E-state index < -0.39 is 5.91 Å². The number of amides is 1. The first-order valence-electron chi connectivity index (χ1n) is 10.8. The number of rotatable bonds is 4. The fraction of sp³-hybridized carbons (Fsp3) is 0.103. The molecular weight excluding hydrogens is 525 g/mol. The van der Waals surface area contributed by atoms with E-state index >= 15 is 0 Å². The van der Waals surface area contributed by atoms with E-state index in [9.17, 15) is 4.79 Å². The Morgan fingerprint density at radius 3 is 1.40 bits per heavy atom. The summed E-state index contributed by atoms with van der Waals surface area (Å²) >= 11 is 0. The quantitative estimate of drug-likeness (QED) is 0.236. The molecule has 5 aromatic carbocycles. The molecule has 0 aromatic heterocycles. The molecule has 0 bridgehead atoms. The van der Waals surface area contributed by atoms with Gasteiger partial charge in [0.15, 0.2) is 0 Å². The van der Waals surface area contributed by atoms with Crippen LogP contribution in [0.2, 0.25) is 0 Å². The SMILES string of the molecule is CCCC([NH-])=O.[Cl-].[Cl-].[Ti+4].c1ccc([Si]c2ccccc2)cc1.c1ccc2c(c1)[cH-]c1ccccc12. The Morgan fingerprint density at radius 2 is 1.06 bits per heavy atom. The Hall–Kier alpha value is -2.27. The molecule has 2 nitrogen and oxygen atoms in total. The molecule has 2 radical (unpaired) electrons. The third-order valence-electron chi connectivity index (χ3n) is 4.84. The molecular formula is C29H27Cl2NOSiTi. The first-order valence-corrected chi connectivity index (χ1v) is 11.8. The maximum Gasteiger partial charge on any atom is 4.00 e. The summed E-state index contributed by atoms with van der Waals surface area (Å²) in [6, 6.07) is 40.4. The maximum absolute atomic E-state index is 9.71. The number of carbonyl (C=O) groups is 1. The molecule has 1 N–H and O–H groups in total. The predicted octanol–water partition coefficient (Wildman–Crippen LogP) is 0.424. The molecule has 0 spiro atoms. The van der Waals surface area contributed by atoms with Crippen LogP contribution in [0.15, 0.2) is 115 Å². The van der Waals surface area contributed by atoms with E-state index in [1.165, 1.54) is 31.9 Å². The van der Waals surface area contributed by atoms with Crippen molar-refractivity contribution in [1.29, 1.82) is 0 Å². The minimum Gasteiger partial charge on any atom is -1.00 e. The predicted molar refractivity (Wildman–Crippen MR) is 139 cm³/mol. The average Bonchev–Trinajstić information content (AvgIpc) is 3.20. The van der Waals surface area contributed by atoms with Crippen LogP contribution in [0.3, 0.4) is 0 Å². The van der Waals surface area contributed by atoms with Crippen molar-refractivity contribution in [3.05, 3.63) is 121 Å². The molecule has 0 saturated carbocycles. The molecule has 0 atom stereocenters. The molecule has 0 aliphatic rings. The van der Waals surface area contributed by atoms with Crippen LogP contribution in [0.4, 0.5) is 0 Å². The van der Waals surface area contributed by atoms with Crippen LogP contribution < -0.4 is 35.2 Å². The molecule has 176 valence electrons. The first-order chi connectivity index (χ1) is 15.7. The van der Waals surface area contributed by atoms with Crippen molar-refractivity contribution in [3.8, 4) is 0 Å². The number of benzene rings is 4. The van der Waals surface area contributed by atoms with Crippen LogP contribution in [-0.4, -0.2) is 15.4 Å². The molecule has 0 saturated heterocycles. The summed E-state index contributed by atoms with van der Waals surface area (Å²) < 4.78 is 0. The second-order valence-corrected chi connectivity index (χ2v) is 8.75. The van der Waals surface area contributed by atoms with Gasteiger partial charge in [-0.1, -0.05) is 121 Å². The van der Waals surface area contributed by atoms with Crippen molar-refractivity contribution in [2.75, 3.05) is 0 Å². The summed E-state index contributed by atoms with van der Waals surface area (Å²) in [6.45, 7) is 1.88. The van der Waals surface area contributed by atoms with Crippen LogP contribution >= 0.6 is 0 Å². The summed E-state index contributed by atoms with van der Waals surface area (Å²) in [5, 5.41) is 8.19. The third kappa shape index (κ3) is 10.9. The molecule has 0 heterocycles. The van der Waals surface area contributed by atoms with Gasteiger partial charge in [-0.15, -0.1) is 39.7 Å². The zero-order chi connectivity index (χ0) is 22.6. The van der Waals surface area contributed by atoms with Gasteiger partial charge in [0.25, 0.3) is 0 Å². The van der Waals surface area contributed by atoms with Gasteiger partial charge in [0.1, 0.15) is 9.52 Å². The van der Waals surface area contributed by atoms with Crippen molar-refractivity contribution >= 4 is 47.3 Å². The van der Waals surface area contributed by atoms with Crippen LogP contribution in [0.1, 0.15) is 19.8 Å². The summed E-state index contributed by atoms with van der Waals surface area (Å²) in [4.78, 5) is 9.71. The standard InChI is InChI=1S/C13H9.C12H10Si.C4H9NO.2ClH.Ti/c1-3-7-12-10(5-1)9-11-6-2-4-8-13(11)12;1-3-7-11(8-4-1)13-12-9-5-2-6-10-12;1-2-3-4(5)6;;;/h1-9H;1-10H;2-3H2,1H3,(H2,5,6);2*1H;/q-1;;;;;+4/p-3. The summed E-state index contributed by atoms with van der Waals surface area (Å²) in [7, 11) is 0.777. The monoisotopic (exact) mass is 551 g/mol. The van der Waals surface area contributed by atoms with E-state index in [2.05, 4.69) is 115 Å². The van der Waals surface area contributed by atoms with E-state index in [-0.39, 0.29) is 46.5 Å². The normalized spacial score (nSPS) is 9.17. The minimum absolute atomic E-state index is 0. The Bertz CT molecular complexity index is 1160. The van der Waals surface area contributed by atoms with Crippen molar-refractivity contribution in [3.63, 3.8) is 0 Å². The second-order valence-electron chi connectivity index (χ2n) is 7.35. The van der Waals surface area contributed by atoms with Crippen molar-refractivity contribution < 1.29 is 51.3 Å². The zero-order valence-corrected chi connectivity index (χ0v) is 23.6. The fourth-order valence-electron chi connectivity index (χ4n) is 3.34. The van der Waals surface area contributed by atoms with E-state index in [1.54, 1.807) is 0 Å². The van der Waals surface area contributed by atoms with Gasteiger partial charge in [-0.25, -0.2) is 0 Å². The van der Waals surface area contributed by atoms with Crippen molar-refractivity contribution in [2.24, 2.45) is 0 Å². The Kier molecular flexibility index (Phi) is 16.9. The smallest absolute Gasteiger partial charge is 1.00 e. The first kappa shape index (κ1) is 32.7. The van der Waals surface area contributed by atoms with Gasteiger partial charge in [-0.2, -0.15) is 0 Å². The average molecular weight is 552 g/mol. The minimum atomic E-state index is -0.461. The van der Waals surface area contributed by atoms with Gasteiger partial charge in [0.2, 0.25) is 0 Å². The van der Waals surface area contributed by atoms with Gasteiger partial charge in [0.05, 0.1) is 0 Å². The van der Waals surface area contributed by atoms with Crippen LogP contribution in [0.5, 0.6) is 0 Å². The van der Waals surface area contributed by atoms with E-state index in [0.29, 0.717) is 6.42 Å². The van der Waals surface area contributed by atoms with E-state index in [4.69, 9.17) is 5.73 Å². The van der Waals surface area contributed by atoms with Gasteiger partial charge in [0, 0.05) is 5.91 Å². The zero-order valence-electron chi connectivity index (χ0n) is 19.5. The topological polar surface area (TPSA) is 40.9 Å². The summed E-state index contributed by atoms with van der Waals surface area (Å²) in [5.41, 5.74) is 6.34. The van der Waals surface area contributed by atoms with Crippen molar-refractivity contribution in [2.45, 2.75) is 19.8 Å². The van der Waals surface area contributed by atoms with Gasteiger partial charge in [-0.05, 0) is 6.42 Å². The van der Waals surface area contributed by atoms with Gasteiger partial charge in [-0.3, -0.25) is 0 Å². The molecule has 35 heavy (non-hydrogen) atoms. The van der Waals surface area contributed by atoms with E-state index in [0.717, 1.165) is 15.9 Å².